The van der Waals surface area contributed by atoms with Gasteiger partial charge in [0.1, 0.15) is 0 Å². The highest BCUT2D eigenvalue weighted by Crippen LogP contribution is 2.22. The van der Waals surface area contributed by atoms with Crippen LogP contribution >= 0.6 is 0 Å². The van der Waals surface area contributed by atoms with Gasteiger partial charge in [0.25, 0.3) is 0 Å². The minimum absolute atomic E-state index is 0.484. The Morgan fingerprint density at radius 3 is 2.57 bits per heavy atom. The van der Waals surface area contributed by atoms with Gasteiger partial charge in [-0.2, -0.15) is 5.10 Å². The molecule has 4 nitrogen and oxygen atoms in total. The SMILES string of the molecule is CCC(C)N(CC)c1nn(C)cc1N. The second-order valence-corrected chi connectivity index (χ2v) is 3.63. The standard InChI is InChI=1S/C10H20N4/c1-5-8(3)14(6-2)10-9(11)7-13(4)12-10/h7-8H,5-6,11H2,1-4H3. The first-order valence-corrected chi connectivity index (χ1v) is 5.15. The van der Waals surface area contributed by atoms with E-state index in [-0.39, 0.29) is 0 Å². The largest absolute Gasteiger partial charge is 0.394 e. The van der Waals surface area contributed by atoms with Gasteiger partial charge in [-0.1, -0.05) is 6.92 Å². The molecule has 0 saturated heterocycles. The van der Waals surface area contributed by atoms with Crippen LogP contribution in [0.5, 0.6) is 0 Å². The summed E-state index contributed by atoms with van der Waals surface area (Å²) in [7, 11) is 1.89. The van der Waals surface area contributed by atoms with Crippen LogP contribution in [0.3, 0.4) is 0 Å². The normalized spacial score (nSPS) is 12.9. The summed E-state index contributed by atoms with van der Waals surface area (Å²) < 4.78 is 1.76. The van der Waals surface area contributed by atoms with E-state index in [9.17, 15) is 0 Å². The van der Waals surface area contributed by atoms with Crippen LogP contribution in [-0.2, 0) is 7.05 Å². The lowest BCUT2D eigenvalue weighted by Gasteiger charge is -2.27. The van der Waals surface area contributed by atoms with Crippen molar-refractivity contribution in [2.45, 2.75) is 33.2 Å². The van der Waals surface area contributed by atoms with Crippen molar-refractivity contribution in [3.63, 3.8) is 0 Å². The molecule has 0 amide bonds. The Bertz CT molecular complexity index is 292. The predicted octanol–water partition coefficient (Wildman–Crippen LogP) is 1.63. The van der Waals surface area contributed by atoms with Crippen LogP contribution < -0.4 is 10.6 Å². The van der Waals surface area contributed by atoms with Crippen LogP contribution in [0.2, 0.25) is 0 Å². The third-order valence-corrected chi connectivity index (χ3v) is 2.57. The lowest BCUT2D eigenvalue weighted by Crippen LogP contribution is -2.33. The fraction of sp³-hybridized carbons (Fsp3) is 0.700. The van der Waals surface area contributed by atoms with Gasteiger partial charge in [0.05, 0.1) is 5.69 Å². The van der Waals surface area contributed by atoms with Crippen LogP contribution in [0.15, 0.2) is 6.20 Å². The monoisotopic (exact) mass is 196 g/mol. The third-order valence-electron chi connectivity index (χ3n) is 2.57. The van der Waals surface area contributed by atoms with Crippen molar-refractivity contribution >= 4 is 11.5 Å². The molecule has 0 aliphatic heterocycles. The molecule has 0 aliphatic rings. The van der Waals surface area contributed by atoms with Crippen molar-refractivity contribution in [3.8, 4) is 0 Å². The van der Waals surface area contributed by atoms with E-state index in [0.717, 1.165) is 24.5 Å². The zero-order valence-corrected chi connectivity index (χ0v) is 9.49. The van der Waals surface area contributed by atoms with Crippen LogP contribution in [0.25, 0.3) is 0 Å². The molecule has 1 atom stereocenters. The number of nitrogens with two attached hydrogens (primary N) is 1. The van der Waals surface area contributed by atoms with Crippen molar-refractivity contribution in [2.24, 2.45) is 7.05 Å². The minimum Gasteiger partial charge on any atom is -0.394 e. The van der Waals surface area contributed by atoms with E-state index in [1.165, 1.54) is 0 Å². The molecule has 0 saturated carbocycles. The minimum atomic E-state index is 0.484. The summed E-state index contributed by atoms with van der Waals surface area (Å²) in [5.41, 5.74) is 6.64. The first-order valence-electron chi connectivity index (χ1n) is 5.15. The summed E-state index contributed by atoms with van der Waals surface area (Å²) in [4.78, 5) is 2.23. The molecule has 0 bridgehead atoms. The van der Waals surface area contributed by atoms with Gasteiger partial charge in [0.2, 0.25) is 0 Å². The Morgan fingerprint density at radius 1 is 1.57 bits per heavy atom. The maximum Gasteiger partial charge on any atom is 0.174 e. The van der Waals surface area contributed by atoms with Crippen molar-refractivity contribution in [1.82, 2.24) is 9.78 Å². The first-order chi connectivity index (χ1) is 6.60. The number of rotatable bonds is 4. The van der Waals surface area contributed by atoms with Crippen molar-refractivity contribution in [1.29, 1.82) is 0 Å². The number of anilines is 2. The van der Waals surface area contributed by atoms with Crippen LogP contribution in [0.1, 0.15) is 27.2 Å². The van der Waals surface area contributed by atoms with Crippen molar-refractivity contribution in [3.05, 3.63) is 6.20 Å². The Balaban J connectivity index is 2.94. The highest BCUT2D eigenvalue weighted by molar-refractivity contribution is 5.62. The summed E-state index contributed by atoms with van der Waals surface area (Å²) in [6.07, 6.45) is 2.95. The highest BCUT2D eigenvalue weighted by atomic mass is 15.4. The molecule has 0 spiro atoms. The molecular formula is C10H20N4. The molecule has 2 N–H and O–H groups in total. The molecule has 0 aliphatic carbocycles. The smallest absolute Gasteiger partial charge is 0.174 e. The van der Waals surface area contributed by atoms with Gasteiger partial charge in [-0.05, 0) is 20.3 Å². The fourth-order valence-electron chi connectivity index (χ4n) is 1.61. The Labute approximate surface area is 85.7 Å². The molecule has 0 fully saturated rings. The molecule has 1 aromatic rings. The summed E-state index contributed by atoms with van der Waals surface area (Å²) in [5.74, 6) is 0.907. The van der Waals surface area contributed by atoms with Gasteiger partial charge in [0, 0.05) is 25.8 Å². The van der Waals surface area contributed by atoms with E-state index in [1.807, 2.05) is 13.2 Å². The van der Waals surface area contributed by atoms with E-state index < -0.39 is 0 Å². The number of nitrogen functional groups attached to an aromatic ring is 1. The average molecular weight is 196 g/mol. The van der Waals surface area contributed by atoms with Gasteiger partial charge < -0.3 is 10.6 Å². The van der Waals surface area contributed by atoms with Gasteiger partial charge in [-0.3, -0.25) is 4.68 Å². The van der Waals surface area contributed by atoms with E-state index in [4.69, 9.17) is 5.73 Å². The van der Waals surface area contributed by atoms with Gasteiger partial charge in [-0.15, -0.1) is 0 Å². The maximum atomic E-state index is 5.89. The Kier molecular flexibility index (Phi) is 3.38. The van der Waals surface area contributed by atoms with Crippen LogP contribution in [0, 0.1) is 0 Å². The number of nitrogens with zero attached hydrogens (tertiary/aromatic N) is 3. The van der Waals surface area contributed by atoms with Gasteiger partial charge in [-0.25, -0.2) is 0 Å². The summed E-state index contributed by atoms with van der Waals surface area (Å²) in [6, 6.07) is 0.484. The van der Waals surface area contributed by atoms with Gasteiger partial charge >= 0.3 is 0 Å². The third kappa shape index (κ3) is 2.00. The van der Waals surface area contributed by atoms with Crippen LogP contribution in [0.4, 0.5) is 11.5 Å². The predicted molar refractivity (Wildman–Crippen MR) is 60.4 cm³/mol. The van der Waals surface area contributed by atoms with E-state index in [1.54, 1.807) is 4.68 Å². The van der Waals surface area contributed by atoms with E-state index in [0.29, 0.717) is 6.04 Å². The molecule has 4 heteroatoms. The average Bonchev–Trinajstić information content (AvgIpc) is 2.47. The molecular weight excluding hydrogens is 176 g/mol. The molecule has 0 aromatic carbocycles. The molecule has 1 aromatic heterocycles. The summed E-state index contributed by atoms with van der Waals surface area (Å²) in [6.45, 7) is 7.43. The van der Waals surface area contributed by atoms with Crippen molar-refractivity contribution in [2.75, 3.05) is 17.2 Å². The quantitative estimate of drug-likeness (QED) is 0.796. The zero-order valence-electron chi connectivity index (χ0n) is 9.49. The second-order valence-electron chi connectivity index (χ2n) is 3.63. The number of hydrogen-bond acceptors (Lipinski definition) is 3. The molecule has 1 rings (SSSR count). The molecule has 0 radical (unpaired) electrons. The molecule has 1 unspecified atom stereocenters. The maximum absolute atomic E-state index is 5.89. The topological polar surface area (TPSA) is 47.1 Å². The second kappa shape index (κ2) is 4.35. The summed E-state index contributed by atoms with van der Waals surface area (Å²) >= 11 is 0. The van der Waals surface area contributed by atoms with Gasteiger partial charge in [0.15, 0.2) is 5.82 Å². The Morgan fingerprint density at radius 2 is 2.21 bits per heavy atom. The van der Waals surface area contributed by atoms with E-state index >= 15 is 0 Å². The lowest BCUT2D eigenvalue weighted by molar-refractivity contribution is 0.615. The fourth-order valence-corrected chi connectivity index (χ4v) is 1.61. The molecule has 1 heterocycles. The zero-order chi connectivity index (χ0) is 10.7. The molecule has 14 heavy (non-hydrogen) atoms. The highest BCUT2D eigenvalue weighted by Gasteiger charge is 2.16. The number of aromatic nitrogens is 2. The van der Waals surface area contributed by atoms with Crippen molar-refractivity contribution < 1.29 is 0 Å². The summed E-state index contributed by atoms with van der Waals surface area (Å²) in [5, 5.41) is 4.37. The molecule has 80 valence electrons. The number of hydrogen-bond donors (Lipinski definition) is 1. The number of aryl methyl sites for hydroxylation is 1. The van der Waals surface area contributed by atoms with Crippen LogP contribution in [-0.4, -0.2) is 22.4 Å². The van der Waals surface area contributed by atoms with E-state index in [2.05, 4.69) is 30.8 Å². The lowest BCUT2D eigenvalue weighted by atomic mass is 10.2. The Hall–Kier alpha value is -1.19. The first kappa shape index (κ1) is 10.9.